The molecule has 0 radical (unpaired) electrons. The molecule has 0 spiro atoms. The van der Waals surface area contributed by atoms with Crippen LogP contribution in [0.15, 0.2) is 24.3 Å². The number of methoxy groups -OCH3 is 1. The SMILES string of the molecule is COC(=O)c1ccccc1-c1n[nH]c(C2CC2)n1. The second kappa shape index (κ2) is 4.25. The number of nitrogens with one attached hydrogen (secondary N) is 1. The van der Waals surface area contributed by atoms with Gasteiger partial charge in [0.25, 0.3) is 0 Å². The van der Waals surface area contributed by atoms with E-state index in [1.54, 1.807) is 12.1 Å². The van der Waals surface area contributed by atoms with Crippen LogP contribution in [0.4, 0.5) is 0 Å². The molecule has 0 bridgehead atoms. The monoisotopic (exact) mass is 243 g/mol. The van der Waals surface area contributed by atoms with Gasteiger partial charge >= 0.3 is 5.97 Å². The Labute approximate surface area is 104 Å². The van der Waals surface area contributed by atoms with E-state index in [-0.39, 0.29) is 5.97 Å². The highest BCUT2D eigenvalue weighted by Gasteiger charge is 2.27. The highest BCUT2D eigenvalue weighted by molar-refractivity contribution is 5.96. The molecule has 3 rings (SSSR count). The van der Waals surface area contributed by atoms with E-state index in [1.165, 1.54) is 7.11 Å². The summed E-state index contributed by atoms with van der Waals surface area (Å²) in [5.74, 6) is 1.60. The van der Waals surface area contributed by atoms with Gasteiger partial charge in [0.15, 0.2) is 5.82 Å². The van der Waals surface area contributed by atoms with Crippen molar-refractivity contribution in [1.82, 2.24) is 15.2 Å². The highest BCUT2D eigenvalue weighted by Crippen LogP contribution is 2.38. The molecule has 0 amide bonds. The second-order valence-corrected chi connectivity index (χ2v) is 4.36. The lowest BCUT2D eigenvalue weighted by Crippen LogP contribution is -2.03. The van der Waals surface area contributed by atoms with E-state index in [9.17, 15) is 4.79 Å². The highest BCUT2D eigenvalue weighted by atomic mass is 16.5. The first kappa shape index (κ1) is 11.0. The molecule has 1 aliphatic rings. The first-order chi connectivity index (χ1) is 8.79. The minimum atomic E-state index is -0.372. The van der Waals surface area contributed by atoms with E-state index >= 15 is 0 Å². The molecule has 1 N–H and O–H groups in total. The number of rotatable bonds is 3. The van der Waals surface area contributed by atoms with Gasteiger partial charge in [-0.25, -0.2) is 9.78 Å². The van der Waals surface area contributed by atoms with Crippen LogP contribution in [0.5, 0.6) is 0 Å². The first-order valence-electron chi connectivity index (χ1n) is 5.89. The number of H-pyrrole nitrogens is 1. The van der Waals surface area contributed by atoms with Crippen LogP contribution in [0.1, 0.15) is 34.9 Å². The number of hydrogen-bond donors (Lipinski definition) is 1. The van der Waals surface area contributed by atoms with Crippen molar-refractivity contribution in [2.24, 2.45) is 0 Å². The Hall–Kier alpha value is -2.17. The third-order valence-electron chi connectivity index (χ3n) is 3.04. The molecule has 5 heteroatoms. The zero-order chi connectivity index (χ0) is 12.5. The van der Waals surface area contributed by atoms with Crippen LogP contribution in [0.3, 0.4) is 0 Å². The summed E-state index contributed by atoms with van der Waals surface area (Å²) in [7, 11) is 1.37. The fourth-order valence-electron chi connectivity index (χ4n) is 1.90. The predicted molar refractivity (Wildman–Crippen MR) is 65.1 cm³/mol. The molecule has 0 aliphatic heterocycles. The Bertz CT molecular complexity index is 587. The van der Waals surface area contributed by atoms with Gasteiger partial charge in [0.2, 0.25) is 0 Å². The molecule has 0 atom stereocenters. The van der Waals surface area contributed by atoms with Crippen molar-refractivity contribution < 1.29 is 9.53 Å². The fraction of sp³-hybridized carbons (Fsp3) is 0.308. The van der Waals surface area contributed by atoms with Gasteiger partial charge in [0.1, 0.15) is 5.82 Å². The predicted octanol–water partition coefficient (Wildman–Crippen LogP) is 2.14. The molecule has 0 unspecified atom stereocenters. The summed E-state index contributed by atoms with van der Waals surface area (Å²) in [5.41, 5.74) is 1.19. The van der Waals surface area contributed by atoms with Gasteiger partial charge in [-0.1, -0.05) is 18.2 Å². The molecule has 1 fully saturated rings. The van der Waals surface area contributed by atoms with Gasteiger partial charge in [-0.05, 0) is 18.9 Å². The molecule has 1 aromatic heterocycles. The maximum absolute atomic E-state index is 11.7. The maximum atomic E-state index is 11.7. The largest absolute Gasteiger partial charge is 0.465 e. The minimum Gasteiger partial charge on any atom is -0.465 e. The summed E-state index contributed by atoms with van der Waals surface area (Å²) in [5, 5.41) is 7.12. The number of hydrogen-bond acceptors (Lipinski definition) is 4. The maximum Gasteiger partial charge on any atom is 0.338 e. The van der Waals surface area contributed by atoms with E-state index < -0.39 is 0 Å². The summed E-state index contributed by atoms with van der Waals surface area (Å²) in [6.07, 6.45) is 2.32. The second-order valence-electron chi connectivity index (χ2n) is 4.36. The first-order valence-corrected chi connectivity index (χ1v) is 5.89. The number of nitrogens with zero attached hydrogens (tertiary/aromatic N) is 2. The lowest BCUT2D eigenvalue weighted by molar-refractivity contribution is 0.0601. The number of ether oxygens (including phenoxy) is 1. The van der Waals surface area contributed by atoms with Crippen LogP contribution in [0.25, 0.3) is 11.4 Å². The summed E-state index contributed by atoms with van der Waals surface area (Å²) in [6, 6.07) is 7.19. The average molecular weight is 243 g/mol. The third kappa shape index (κ3) is 1.88. The van der Waals surface area contributed by atoms with Crippen molar-refractivity contribution in [3.05, 3.63) is 35.7 Å². The van der Waals surface area contributed by atoms with Crippen molar-refractivity contribution in [3.8, 4) is 11.4 Å². The molecule has 1 heterocycles. The molecular weight excluding hydrogens is 230 g/mol. The average Bonchev–Trinajstić information content (AvgIpc) is 3.16. The van der Waals surface area contributed by atoms with Crippen LogP contribution in [-0.2, 0) is 4.74 Å². The molecule has 0 saturated heterocycles. The molecule has 2 aromatic rings. The summed E-state index contributed by atoms with van der Waals surface area (Å²) in [6.45, 7) is 0. The van der Waals surface area contributed by atoms with Gasteiger partial charge in [0.05, 0.1) is 12.7 Å². The number of esters is 1. The van der Waals surface area contributed by atoms with Crippen LogP contribution in [-0.4, -0.2) is 28.3 Å². The Morgan fingerprint density at radius 3 is 2.89 bits per heavy atom. The quantitative estimate of drug-likeness (QED) is 0.838. The molecular formula is C13H13N3O2. The Morgan fingerprint density at radius 1 is 1.39 bits per heavy atom. The molecule has 92 valence electrons. The molecule has 1 aliphatic carbocycles. The number of carbonyl (C=O) groups is 1. The van der Waals surface area contributed by atoms with Crippen LogP contribution in [0.2, 0.25) is 0 Å². The Balaban J connectivity index is 2.01. The molecule has 18 heavy (non-hydrogen) atoms. The van der Waals surface area contributed by atoms with Crippen molar-refractivity contribution in [2.75, 3.05) is 7.11 Å². The number of aromatic nitrogens is 3. The minimum absolute atomic E-state index is 0.372. The zero-order valence-corrected chi connectivity index (χ0v) is 10.0. The topological polar surface area (TPSA) is 67.9 Å². The van der Waals surface area contributed by atoms with Crippen molar-refractivity contribution in [2.45, 2.75) is 18.8 Å². The van der Waals surface area contributed by atoms with Crippen LogP contribution in [0, 0.1) is 0 Å². The molecule has 1 saturated carbocycles. The van der Waals surface area contributed by atoms with Gasteiger partial charge in [-0.15, -0.1) is 0 Å². The van der Waals surface area contributed by atoms with Gasteiger partial charge in [-0.3, -0.25) is 5.10 Å². The van der Waals surface area contributed by atoms with Gasteiger partial charge in [0, 0.05) is 11.5 Å². The van der Waals surface area contributed by atoms with E-state index in [2.05, 4.69) is 15.2 Å². The third-order valence-corrected chi connectivity index (χ3v) is 3.04. The van der Waals surface area contributed by atoms with Crippen molar-refractivity contribution in [1.29, 1.82) is 0 Å². The molecule has 5 nitrogen and oxygen atoms in total. The lowest BCUT2D eigenvalue weighted by Gasteiger charge is -2.03. The van der Waals surface area contributed by atoms with E-state index in [1.807, 2.05) is 12.1 Å². The van der Waals surface area contributed by atoms with Gasteiger partial charge < -0.3 is 4.74 Å². The van der Waals surface area contributed by atoms with Crippen molar-refractivity contribution in [3.63, 3.8) is 0 Å². The zero-order valence-electron chi connectivity index (χ0n) is 10.0. The smallest absolute Gasteiger partial charge is 0.338 e. The summed E-state index contributed by atoms with van der Waals surface area (Å²) in [4.78, 5) is 16.1. The standard InChI is InChI=1S/C13H13N3O2/c1-18-13(17)10-5-3-2-4-9(10)12-14-11(15-16-12)8-6-7-8/h2-5,8H,6-7H2,1H3,(H,14,15,16). The Morgan fingerprint density at radius 2 is 2.17 bits per heavy atom. The Kier molecular flexibility index (Phi) is 2.59. The number of carbonyl (C=O) groups excluding carboxylic acids is 1. The van der Waals surface area contributed by atoms with E-state index in [0.717, 1.165) is 18.7 Å². The van der Waals surface area contributed by atoms with E-state index in [4.69, 9.17) is 4.74 Å². The summed E-state index contributed by atoms with van der Waals surface area (Å²) >= 11 is 0. The van der Waals surface area contributed by atoms with E-state index in [0.29, 0.717) is 22.9 Å². The van der Waals surface area contributed by atoms with Crippen molar-refractivity contribution >= 4 is 5.97 Å². The summed E-state index contributed by atoms with van der Waals surface area (Å²) < 4.78 is 4.76. The van der Waals surface area contributed by atoms with Gasteiger partial charge in [-0.2, -0.15) is 5.10 Å². The fourth-order valence-corrected chi connectivity index (χ4v) is 1.90. The number of aromatic amines is 1. The normalized spacial score (nSPS) is 14.5. The molecule has 1 aromatic carbocycles. The lowest BCUT2D eigenvalue weighted by atomic mass is 10.1. The van der Waals surface area contributed by atoms with Crippen LogP contribution >= 0.6 is 0 Å². The number of benzene rings is 1. The van der Waals surface area contributed by atoms with Crippen LogP contribution < -0.4 is 0 Å².